The molecule has 0 bridgehead atoms. The average Bonchev–Trinajstić information content (AvgIpc) is 2.27. The van der Waals surface area contributed by atoms with E-state index in [-0.39, 0.29) is 5.88 Å². The van der Waals surface area contributed by atoms with Gasteiger partial charge in [0.05, 0.1) is 24.2 Å². The van der Waals surface area contributed by atoms with Gasteiger partial charge in [-0.3, -0.25) is 0 Å². The Morgan fingerprint density at radius 3 is 2.75 bits per heavy atom. The van der Waals surface area contributed by atoms with Crippen LogP contribution in [0, 0.1) is 0 Å². The number of alkyl halides is 3. The molecule has 0 radical (unpaired) electrons. The van der Waals surface area contributed by atoms with Crippen molar-refractivity contribution < 1.29 is 18.3 Å². The molecule has 0 saturated heterocycles. The van der Waals surface area contributed by atoms with E-state index >= 15 is 0 Å². The molecule has 0 spiro atoms. The van der Waals surface area contributed by atoms with Crippen molar-refractivity contribution in [1.82, 2.24) is 4.98 Å². The van der Waals surface area contributed by atoms with Crippen molar-refractivity contribution >= 4 is 33.5 Å². The van der Waals surface area contributed by atoms with Gasteiger partial charge in [0.1, 0.15) is 0 Å². The molecule has 88 valence electrons. The fourth-order valence-corrected chi connectivity index (χ4v) is 1.90. The maximum atomic E-state index is 12.6. The second-order valence-electron chi connectivity index (χ2n) is 2.78. The van der Waals surface area contributed by atoms with Gasteiger partial charge < -0.3 is 4.74 Å². The highest BCUT2D eigenvalue weighted by molar-refractivity contribution is 9.10. The summed E-state index contributed by atoms with van der Waals surface area (Å²) in [6.45, 7) is 0. The summed E-state index contributed by atoms with van der Waals surface area (Å²) in [7, 11) is 1.10. The zero-order valence-electron chi connectivity index (χ0n) is 8.14. The first kappa shape index (κ1) is 13.3. The summed E-state index contributed by atoms with van der Waals surface area (Å²) >= 11 is 8.60. The Hall–Kier alpha value is -0.750. The van der Waals surface area contributed by atoms with E-state index in [9.17, 15) is 13.6 Å². The van der Waals surface area contributed by atoms with Gasteiger partial charge in [0.15, 0.2) is 5.69 Å². The van der Waals surface area contributed by atoms with Crippen LogP contribution in [0.5, 0.6) is 0 Å². The van der Waals surface area contributed by atoms with Crippen molar-refractivity contribution in [3.63, 3.8) is 0 Å². The highest BCUT2D eigenvalue weighted by Crippen LogP contribution is 2.28. The molecule has 0 aliphatic carbocycles. The number of carbonyl (C=O) groups is 1. The summed E-state index contributed by atoms with van der Waals surface area (Å²) in [5.74, 6) is -0.900. The van der Waals surface area contributed by atoms with Crippen LogP contribution in [0.4, 0.5) is 8.78 Å². The lowest BCUT2D eigenvalue weighted by Gasteiger charge is -2.09. The topological polar surface area (TPSA) is 39.2 Å². The minimum Gasteiger partial charge on any atom is -0.464 e. The second-order valence-corrected chi connectivity index (χ2v) is 3.90. The Morgan fingerprint density at radius 1 is 1.69 bits per heavy atom. The van der Waals surface area contributed by atoms with Gasteiger partial charge in [-0.25, -0.2) is 18.6 Å². The Labute approximate surface area is 104 Å². The van der Waals surface area contributed by atoms with Gasteiger partial charge in [0.2, 0.25) is 0 Å². The molecule has 0 aliphatic rings. The Morgan fingerprint density at radius 2 is 2.31 bits per heavy atom. The fraction of sp³-hybridized carbons (Fsp3) is 0.333. The zero-order chi connectivity index (χ0) is 12.3. The third kappa shape index (κ3) is 2.68. The van der Waals surface area contributed by atoms with Crippen LogP contribution >= 0.6 is 27.5 Å². The first-order valence-corrected chi connectivity index (χ1v) is 5.45. The molecule has 0 fully saturated rings. The maximum Gasteiger partial charge on any atom is 0.357 e. The second kappa shape index (κ2) is 5.54. The maximum absolute atomic E-state index is 12.6. The normalized spacial score (nSPS) is 10.6. The molecular weight excluding hydrogens is 307 g/mol. The van der Waals surface area contributed by atoms with E-state index in [4.69, 9.17) is 11.6 Å². The van der Waals surface area contributed by atoms with Crippen LogP contribution in [-0.4, -0.2) is 18.1 Å². The smallest absolute Gasteiger partial charge is 0.357 e. The van der Waals surface area contributed by atoms with E-state index in [0.717, 1.165) is 13.2 Å². The third-order valence-electron chi connectivity index (χ3n) is 1.82. The van der Waals surface area contributed by atoms with Crippen LogP contribution in [0.3, 0.4) is 0 Å². The summed E-state index contributed by atoms with van der Waals surface area (Å²) < 4.78 is 30.0. The number of hydrogen-bond acceptors (Lipinski definition) is 3. The number of pyridine rings is 1. The molecule has 0 unspecified atom stereocenters. The summed E-state index contributed by atoms with van der Waals surface area (Å²) in [4.78, 5) is 15.0. The molecule has 0 saturated carbocycles. The molecule has 1 heterocycles. The predicted molar refractivity (Wildman–Crippen MR) is 57.8 cm³/mol. The molecule has 0 aromatic carbocycles. The summed E-state index contributed by atoms with van der Waals surface area (Å²) in [5, 5.41) is 0. The van der Waals surface area contributed by atoms with E-state index in [0.29, 0.717) is 10.2 Å². The van der Waals surface area contributed by atoms with Crippen LogP contribution in [0.2, 0.25) is 0 Å². The van der Waals surface area contributed by atoms with Gasteiger partial charge >= 0.3 is 5.97 Å². The van der Waals surface area contributed by atoms with E-state index in [2.05, 4.69) is 25.7 Å². The SMILES string of the molecule is COC(=O)c1nc(CCl)c(Br)cc1C(F)F. The Bertz CT molecular complexity index is 415. The highest BCUT2D eigenvalue weighted by atomic mass is 79.9. The van der Waals surface area contributed by atoms with Gasteiger partial charge in [-0.05, 0) is 22.0 Å². The standard InChI is InChI=1S/C9H7BrClF2NO2/c1-16-9(15)7-4(8(12)13)2-5(10)6(3-11)14-7/h2,8H,3H2,1H3. The minimum absolute atomic E-state index is 0.00803. The monoisotopic (exact) mass is 313 g/mol. The number of ether oxygens (including phenoxy) is 1. The Kier molecular flexibility index (Phi) is 4.61. The molecule has 1 rings (SSSR count). The molecule has 1 aromatic heterocycles. The van der Waals surface area contributed by atoms with Gasteiger partial charge in [-0.2, -0.15) is 0 Å². The first-order valence-electron chi connectivity index (χ1n) is 4.13. The van der Waals surface area contributed by atoms with E-state index in [1.54, 1.807) is 0 Å². The number of carbonyl (C=O) groups excluding carboxylic acids is 1. The zero-order valence-corrected chi connectivity index (χ0v) is 10.5. The number of methoxy groups -OCH3 is 1. The summed E-state index contributed by atoms with van der Waals surface area (Å²) in [6, 6.07) is 1.13. The quantitative estimate of drug-likeness (QED) is 0.635. The van der Waals surface area contributed by atoms with Crippen molar-refractivity contribution in [2.45, 2.75) is 12.3 Å². The number of nitrogens with zero attached hydrogens (tertiary/aromatic N) is 1. The van der Waals surface area contributed by atoms with Crippen LogP contribution in [0.1, 0.15) is 28.2 Å². The minimum atomic E-state index is -2.80. The van der Waals surface area contributed by atoms with Crippen molar-refractivity contribution in [2.75, 3.05) is 7.11 Å². The van der Waals surface area contributed by atoms with Crippen LogP contribution in [0.25, 0.3) is 0 Å². The number of rotatable bonds is 3. The molecule has 7 heteroatoms. The van der Waals surface area contributed by atoms with E-state index in [1.807, 2.05) is 0 Å². The van der Waals surface area contributed by atoms with Gasteiger partial charge in [-0.15, -0.1) is 11.6 Å². The van der Waals surface area contributed by atoms with Crippen molar-refractivity contribution in [3.8, 4) is 0 Å². The summed E-state index contributed by atoms with van der Waals surface area (Å²) in [6.07, 6.45) is -2.80. The average molecular weight is 315 g/mol. The third-order valence-corrected chi connectivity index (χ3v) is 2.76. The van der Waals surface area contributed by atoms with Gasteiger partial charge in [0.25, 0.3) is 6.43 Å². The molecule has 1 aromatic rings. The lowest BCUT2D eigenvalue weighted by atomic mass is 10.2. The van der Waals surface area contributed by atoms with Gasteiger partial charge in [0, 0.05) is 4.47 Å². The van der Waals surface area contributed by atoms with Crippen LogP contribution in [-0.2, 0) is 10.6 Å². The Balaban J connectivity index is 3.36. The number of hydrogen-bond donors (Lipinski definition) is 0. The number of halogens is 4. The molecular formula is C9H7BrClF2NO2. The van der Waals surface area contributed by atoms with Crippen molar-refractivity contribution in [1.29, 1.82) is 0 Å². The molecule has 0 amide bonds. The lowest BCUT2D eigenvalue weighted by Crippen LogP contribution is -2.11. The fourth-order valence-electron chi connectivity index (χ4n) is 1.06. The molecule has 16 heavy (non-hydrogen) atoms. The van der Waals surface area contributed by atoms with Crippen molar-refractivity contribution in [3.05, 3.63) is 27.5 Å². The van der Waals surface area contributed by atoms with Crippen molar-refractivity contribution in [2.24, 2.45) is 0 Å². The molecule has 3 nitrogen and oxygen atoms in total. The van der Waals surface area contributed by atoms with Crippen LogP contribution in [0.15, 0.2) is 10.5 Å². The van der Waals surface area contributed by atoms with E-state index in [1.165, 1.54) is 0 Å². The van der Waals surface area contributed by atoms with Crippen LogP contribution < -0.4 is 0 Å². The first-order chi connectivity index (χ1) is 7.51. The summed E-state index contributed by atoms with van der Waals surface area (Å²) in [5.41, 5.74) is -0.574. The molecule has 0 N–H and O–H groups in total. The lowest BCUT2D eigenvalue weighted by molar-refractivity contribution is 0.0581. The largest absolute Gasteiger partial charge is 0.464 e. The van der Waals surface area contributed by atoms with Gasteiger partial charge in [-0.1, -0.05) is 0 Å². The molecule has 0 atom stereocenters. The molecule has 0 aliphatic heterocycles. The number of aromatic nitrogens is 1. The van der Waals surface area contributed by atoms with E-state index < -0.39 is 23.7 Å². The predicted octanol–water partition coefficient (Wildman–Crippen LogP) is 3.31. The highest BCUT2D eigenvalue weighted by Gasteiger charge is 2.22. The number of esters is 1.